The van der Waals surface area contributed by atoms with E-state index < -0.39 is 0 Å². The van der Waals surface area contributed by atoms with Crippen LogP contribution >= 0.6 is 11.3 Å². The lowest BCUT2D eigenvalue weighted by Gasteiger charge is -2.20. The summed E-state index contributed by atoms with van der Waals surface area (Å²) < 4.78 is 0. The van der Waals surface area contributed by atoms with Gasteiger partial charge in [-0.3, -0.25) is 0 Å². The first kappa shape index (κ1) is 10.7. The maximum atomic E-state index is 4.96. The molecule has 0 saturated heterocycles. The van der Waals surface area contributed by atoms with Gasteiger partial charge < -0.3 is 5.32 Å². The van der Waals surface area contributed by atoms with E-state index >= 15 is 0 Å². The lowest BCUT2D eigenvalue weighted by molar-refractivity contribution is 0.520. The van der Waals surface area contributed by atoms with E-state index in [1.165, 1.54) is 42.8 Å². The lowest BCUT2D eigenvalue weighted by atomic mass is 9.91. The molecule has 3 heteroatoms. The van der Waals surface area contributed by atoms with E-state index in [-0.39, 0.29) is 0 Å². The molecule has 1 saturated carbocycles. The Morgan fingerprint density at radius 2 is 2.31 bits per heavy atom. The fourth-order valence-corrected chi connectivity index (χ4v) is 4.00. The van der Waals surface area contributed by atoms with E-state index in [9.17, 15) is 0 Å². The molecule has 2 aliphatic rings. The molecule has 2 aliphatic carbocycles. The topological polar surface area (TPSA) is 24.9 Å². The summed E-state index contributed by atoms with van der Waals surface area (Å²) in [5, 5.41) is 4.72. The van der Waals surface area contributed by atoms with E-state index in [1.54, 1.807) is 4.88 Å². The van der Waals surface area contributed by atoms with Crippen molar-refractivity contribution in [2.45, 2.75) is 50.4 Å². The summed E-state index contributed by atoms with van der Waals surface area (Å²) in [4.78, 5) is 6.54. The van der Waals surface area contributed by atoms with E-state index in [0.717, 1.165) is 6.54 Å². The maximum Gasteiger partial charge on any atom is 0.0990 e. The van der Waals surface area contributed by atoms with Gasteiger partial charge in [-0.25, -0.2) is 4.98 Å². The summed E-state index contributed by atoms with van der Waals surface area (Å²) in [5.41, 5.74) is 1.88. The van der Waals surface area contributed by atoms with Gasteiger partial charge in [0.2, 0.25) is 0 Å². The molecule has 88 valence electrons. The number of rotatable bonds is 3. The van der Waals surface area contributed by atoms with Gasteiger partial charge in [-0.1, -0.05) is 6.92 Å². The number of aryl methyl sites for hydroxylation is 1. The average molecular weight is 236 g/mol. The highest BCUT2D eigenvalue weighted by Crippen LogP contribution is 2.50. The molecular formula is C13H20N2S. The van der Waals surface area contributed by atoms with Crippen molar-refractivity contribution in [3.05, 3.63) is 15.6 Å². The number of hydrogen-bond acceptors (Lipinski definition) is 3. The summed E-state index contributed by atoms with van der Waals surface area (Å²) in [5.74, 6) is 0.668. The summed E-state index contributed by atoms with van der Waals surface area (Å²) in [6.45, 7) is 3.46. The van der Waals surface area contributed by atoms with E-state index in [0.29, 0.717) is 11.3 Å². The molecule has 0 aromatic carbocycles. The summed E-state index contributed by atoms with van der Waals surface area (Å²) >= 11 is 2.00. The summed E-state index contributed by atoms with van der Waals surface area (Å²) in [7, 11) is 2.05. The van der Waals surface area contributed by atoms with Crippen LogP contribution < -0.4 is 5.32 Å². The van der Waals surface area contributed by atoms with Crippen LogP contribution in [0.1, 0.15) is 54.1 Å². The normalized spacial score (nSPS) is 26.5. The van der Waals surface area contributed by atoms with Crippen LogP contribution in [0.5, 0.6) is 0 Å². The molecule has 1 fully saturated rings. The third-order valence-corrected chi connectivity index (χ3v) is 5.47. The van der Waals surface area contributed by atoms with Gasteiger partial charge in [0.15, 0.2) is 0 Å². The highest BCUT2D eigenvalue weighted by atomic mass is 32.1. The van der Waals surface area contributed by atoms with E-state index in [2.05, 4.69) is 12.2 Å². The zero-order valence-electron chi connectivity index (χ0n) is 10.2. The third kappa shape index (κ3) is 1.70. The number of aromatic nitrogens is 1. The van der Waals surface area contributed by atoms with E-state index in [4.69, 9.17) is 4.98 Å². The zero-order chi connectivity index (χ0) is 11.2. The largest absolute Gasteiger partial charge is 0.319 e. The SMILES string of the molecule is CNCC1CCCc2sc(C3(C)CC3)nc21. The van der Waals surface area contributed by atoms with Crippen LogP contribution in [0.15, 0.2) is 0 Å². The molecule has 0 bridgehead atoms. The second kappa shape index (κ2) is 3.81. The number of nitrogens with zero attached hydrogens (tertiary/aromatic N) is 1. The molecule has 0 aliphatic heterocycles. The highest BCUT2D eigenvalue weighted by molar-refractivity contribution is 7.12. The number of thiazole rings is 1. The van der Waals surface area contributed by atoms with Crippen molar-refractivity contribution < 1.29 is 0 Å². The minimum Gasteiger partial charge on any atom is -0.319 e. The average Bonchev–Trinajstić information content (AvgIpc) is 2.88. The standard InChI is InChI=1S/C13H20N2S/c1-13(6-7-13)12-15-11-9(8-14-2)4-3-5-10(11)16-12/h9,14H,3-8H2,1-2H3. The Kier molecular flexibility index (Phi) is 2.55. The molecule has 2 nitrogen and oxygen atoms in total. The van der Waals surface area contributed by atoms with Crippen molar-refractivity contribution in [2.24, 2.45) is 0 Å². The minimum absolute atomic E-state index is 0.451. The van der Waals surface area contributed by atoms with Crippen molar-refractivity contribution >= 4 is 11.3 Å². The van der Waals surface area contributed by atoms with Crippen LogP contribution in [-0.4, -0.2) is 18.6 Å². The van der Waals surface area contributed by atoms with Crippen molar-refractivity contribution in [3.63, 3.8) is 0 Å². The smallest absolute Gasteiger partial charge is 0.0990 e. The zero-order valence-corrected chi connectivity index (χ0v) is 11.0. The van der Waals surface area contributed by atoms with Gasteiger partial charge in [0.25, 0.3) is 0 Å². The predicted molar refractivity (Wildman–Crippen MR) is 68.3 cm³/mol. The first-order valence-corrected chi connectivity index (χ1v) is 7.19. The first-order valence-electron chi connectivity index (χ1n) is 6.37. The molecule has 1 aromatic heterocycles. The maximum absolute atomic E-state index is 4.96. The van der Waals surface area contributed by atoms with Crippen LogP contribution in [-0.2, 0) is 11.8 Å². The number of likely N-dealkylation sites (N-methyl/N-ethyl adjacent to an activating group) is 1. The second-order valence-electron chi connectivity index (χ2n) is 5.53. The fraction of sp³-hybridized carbons (Fsp3) is 0.769. The molecule has 1 aromatic rings. The lowest BCUT2D eigenvalue weighted by Crippen LogP contribution is -2.21. The van der Waals surface area contributed by atoms with Crippen LogP contribution in [0, 0.1) is 0 Å². The molecule has 0 amide bonds. The number of fused-ring (bicyclic) bond motifs is 1. The Morgan fingerprint density at radius 3 is 3.00 bits per heavy atom. The number of nitrogens with one attached hydrogen (secondary N) is 1. The van der Waals surface area contributed by atoms with Gasteiger partial charge in [-0.2, -0.15) is 0 Å². The van der Waals surface area contributed by atoms with Crippen molar-refractivity contribution in [3.8, 4) is 0 Å². The van der Waals surface area contributed by atoms with Gasteiger partial charge in [0.1, 0.15) is 0 Å². The summed E-state index contributed by atoms with van der Waals surface area (Å²) in [6, 6.07) is 0. The number of hydrogen-bond donors (Lipinski definition) is 1. The monoisotopic (exact) mass is 236 g/mol. The fourth-order valence-electron chi connectivity index (χ4n) is 2.61. The minimum atomic E-state index is 0.451. The summed E-state index contributed by atoms with van der Waals surface area (Å²) in [6.07, 6.45) is 6.61. The van der Waals surface area contributed by atoms with Gasteiger partial charge in [-0.05, 0) is 39.2 Å². The Labute approximate surface area is 101 Å². The van der Waals surface area contributed by atoms with Gasteiger partial charge in [-0.15, -0.1) is 11.3 Å². The van der Waals surface area contributed by atoms with Crippen molar-refractivity contribution in [2.75, 3.05) is 13.6 Å². The third-order valence-electron chi connectivity index (χ3n) is 4.04. The van der Waals surface area contributed by atoms with E-state index in [1.807, 2.05) is 18.4 Å². The van der Waals surface area contributed by atoms with Crippen LogP contribution in [0.4, 0.5) is 0 Å². The first-order chi connectivity index (χ1) is 7.73. The Bertz CT molecular complexity index is 393. The molecule has 16 heavy (non-hydrogen) atoms. The predicted octanol–water partition coefficient (Wildman–Crippen LogP) is 2.83. The molecule has 1 atom stereocenters. The quantitative estimate of drug-likeness (QED) is 0.873. The van der Waals surface area contributed by atoms with Crippen LogP contribution in [0.25, 0.3) is 0 Å². The molecule has 1 unspecified atom stereocenters. The van der Waals surface area contributed by atoms with Gasteiger partial charge >= 0.3 is 0 Å². The molecule has 0 radical (unpaired) electrons. The highest BCUT2D eigenvalue weighted by Gasteiger charge is 2.43. The molecule has 0 spiro atoms. The molecular weight excluding hydrogens is 216 g/mol. The Balaban J connectivity index is 1.91. The second-order valence-corrected chi connectivity index (χ2v) is 6.62. The molecule has 1 heterocycles. The van der Waals surface area contributed by atoms with Gasteiger partial charge in [0, 0.05) is 22.8 Å². The Hall–Kier alpha value is -0.410. The van der Waals surface area contributed by atoms with Crippen molar-refractivity contribution in [1.82, 2.24) is 10.3 Å². The molecule has 3 rings (SSSR count). The van der Waals surface area contributed by atoms with Crippen LogP contribution in [0.3, 0.4) is 0 Å². The Morgan fingerprint density at radius 1 is 1.50 bits per heavy atom. The van der Waals surface area contributed by atoms with Gasteiger partial charge in [0.05, 0.1) is 10.7 Å². The van der Waals surface area contributed by atoms with Crippen molar-refractivity contribution in [1.29, 1.82) is 0 Å². The molecule has 1 N–H and O–H groups in total. The van der Waals surface area contributed by atoms with Crippen LogP contribution in [0.2, 0.25) is 0 Å².